The average Bonchev–Trinajstić information content (AvgIpc) is 2.29. The Labute approximate surface area is 109 Å². The molecule has 0 aliphatic carbocycles. The molecule has 0 amide bonds. The quantitative estimate of drug-likeness (QED) is 0.466. The number of rotatable bonds is 5. The topological polar surface area (TPSA) is 60.2 Å². The number of carbonyl (C=O) groups is 1. The highest BCUT2D eigenvalue weighted by Crippen LogP contribution is 2.21. The first-order valence-electron chi connectivity index (χ1n) is 4.48. The van der Waals surface area contributed by atoms with Crippen molar-refractivity contribution in [2.75, 3.05) is 5.33 Å². The monoisotopic (exact) mass is 349 g/mol. The number of nitrogens with zero attached hydrogens (tertiary/aromatic N) is 1. The van der Waals surface area contributed by atoms with E-state index in [-0.39, 0.29) is 11.5 Å². The summed E-state index contributed by atoms with van der Waals surface area (Å²) in [5.41, 5.74) is 1.65. The van der Waals surface area contributed by atoms with Gasteiger partial charge in [0, 0.05) is 23.9 Å². The molecule has 16 heavy (non-hydrogen) atoms. The number of Topliss-reactive ketones (excluding diaryl/α,β-unsaturated/α-hetero) is 1. The minimum atomic E-state index is -0.442. The fourth-order valence-corrected chi connectivity index (χ4v) is 2.00. The van der Waals surface area contributed by atoms with Crippen LogP contribution in [0.15, 0.2) is 18.2 Å². The van der Waals surface area contributed by atoms with Crippen LogP contribution in [0.3, 0.4) is 0 Å². The smallest absolute Gasteiger partial charge is 0.269 e. The summed E-state index contributed by atoms with van der Waals surface area (Å²) >= 11 is 6.34. The third-order valence-corrected chi connectivity index (χ3v) is 3.31. The van der Waals surface area contributed by atoms with Gasteiger partial charge in [-0.05, 0) is 11.1 Å². The number of hydrogen-bond acceptors (Lipinski definition) is 3. The van der Waals surface area contributed by atoms with Gasteiger partial charge in [0.05, 0.1) is 10.3 Å². The molecule has 0 aromatic heterocycles. The maximum absolute atomic E-state index is 11.3. The van der Waals surface area contributed by atoms with Crippen molar-refractivity contribution in [2.24, 2.45) is 0 Å². The molecule has 0 aliphatic heterocycles. The fraction of sp³-hybridized carbons (Fsp3) is 0.300. The fourth-order valence-electron chi connectivity index (χ4n) is 1.28. The Morgan fingerprint density at radius 3 is 2.50 bits per heavy atom. The van der Waals surface area contributed by atoms with Crippen LogP contribution in [0.5, 0.6) is 0 Å². The second kappa shape index (κ2) is 6.10. The lowest BCUT2D eigenvalue weighted by atomic mass is 10.0. The Morgan fingerprint density at radius 1 is 1.31 bits per heavy atom. The van der Waals surface area contributed by atoms with Gasteiger partial charge >= 0.3 is 0 Å². The molecule has 0 radical (unpaired) electrons. The molecule has 0 bridgehead atoms. The highest BCUT2D eigenvalue weighted by molar-refractivity contribution is 9.09. The van der Waals surface area contributed by atoms with Crippen molar-refractivity contribution >= 4 is 43.3 Å². The number of ketones is 1. The zero-order chi connectivity index (χ0) is 12.1. The minimum Gasteiger partial charge on any atom is -0.298 e. The second-order valence-corrected chi connectivity index (χ2v) is 4.31. The Hall–Kier alpha value is -0.750. The van der Waals surface area contributed by atoms with Crippen LogP contribution in [0.4, 0.5) is 5.69 Å². The highest BCUT2D eigenvalue weighted by atomic mass is 79.9. The van der Waals surface area contributed by atoms with Gasteiger partial charge in [-0.25, -0.2) is 0 Å². The van der Waals surface area contributed by atoms with E-state index < -0.39 is 4.92 Å². The summed E-state index contributed by atoms with van der Waals surface area (Å²) in [6.07, 6.45) is 0.296. The number of carbonyl (C=O) groups excluding carboxylic acids is 1. The Morgan fingerprint density at radius 2 is 2.00 bits per heavy atom. The van der Waals surface area contributed by atoms with E-state index in [1.165, 1.54) is 12.1 Å². The summed E-state index contributed by atoms with van der Waals surface area (Å²) in [5, 5.41) is 11.4. The summed E-state index contributed by atoms with van der Waals surface area (Å²) in [4.78, 5) is 21.4. The van der Waals surface area contributed by atoms with Gasteiger partial charge in [-0.15, -0.1) is 0 Å². The van der Waals surface area contributed by atoms with E-state index in [9.17, 15) is 14.9 Å². The van der Waals surface area contributed by atoms with Gasteiger partial charge in [-0.1, -0.05) is 37.9 Å². The van der Waals surface area contributed by atoms with Crippen LogP contribution in [0.2, 0.25) is 0 Å². The SMILES string of the molecule is O=C(CBr)Cc1ccc([N+](=O)[O-])cc1CBr. The van der Waals surface area contributed by atoms with Gasteiger partial charge in [0.25, 0.3) is 5.69 Å². The van der Waals surface area contributed by atoms with Crippen molar-refractivity contribution in [1.29, 1.82) is 0 Å². The van der Waals surface area contributed by atoms with Crippen molar-refractivity contribution in [3.05, 3.63) is 39.4 Å². The van der Waals surface area contributed by atoms with Crippen molar-refractivity contribution in [3.8, 4) is 0 Å². The Bertz CT molecular complexity index is 421. The molecule has 6 heteroatoms. The molecule has 0 N–H and O–H groups in total. The van der Waals surface area contributed by atoms with E-state index in [4.69, 9.17) is 0 Å². The number of benzene rings is 1. The van der Waals surface area contributed by atoms with Gasteiger partial charge in [-0.3, -0.25) is 14.9 Å². The summed E-state index contributed by atoms with van der Waals surface area (Å²) in [7, 11) is 0. The van der Waals surface area contributed by atoms with E-state index in [2.05, 4.69) is 31.9 Å². The first kappa shape index (κ1) is 13.3. The van der Waals surface area contributed by atoms with Crippen LogP contribution in [0.1, 0.15) is 11.1 Å². The zero-order valence-corrected chi connectivity index (χ0v) is 11.5. The van der Waals surface area contributed by atoms with Crippen molar-refractivity contribution in [3.63, 3.8) is 0 Å². The van der Waals surface area contributed by atoms with Gasteiger partial charge in [0.15, 0.2) is 0 Å². The first-order valence-corrected chi connectivity index (χ1v) is 6.72. The molecule has 4 nitrogen and oxygen atoms in total. The van der Waals surface area contributed by atoms with Crippen LogP contribution >= 0.6 is 31.9 Å². The van der Waals surface area contributed by atoms with E-state index in [1.807, 2.05) is 0 Å². The first-order chi connectivity index (χ1) is 7.58. The van der Waals surface area contributed by atoms with Gasteiger partial charge in [-0.2, -0.15) is 0 Å². The van der Waals surface area contributed by atoms with Crippen LogP contribution < -0.4 is 0 Å². The normalized spacial score (nSPS) is 10.1. The predicted octanol–water partition coefficient (Wildman–Crippen LogP) is 3.00. The molecule has 0 atom stereocenters. The maximum atomic E-state index is 11.3. The molecule has 1 aromatic rings. The molecule has 1 rings (SSSR count). The van der Waals surface area contributed by atoms with Crippen LogP contribution in [0, 0.1) is 10.1 Å². The van der Waals surface area contributed by atoms with Crippen LogP contribution in [-0.2, 0) is 16.5 Å². The lowest BCUT2D eigenvalue weighted by Crippen LogP contribution is -2.06. The summed E-state index contributed by atoms with van der Waals surface area (Å²) < 4.78 is 0. The minimum absolute atomic E-state index is 0.0458. The molecule has 86 valence electrons. The third-order valence-electron chi connectivity index (χ3n) is 2.08. The van der Waals surface area contributed by atoms with E-state index in [1.54, 1.807) is 6.07 Å². The summed E-state index contributed by atoms with van der Waals surface area (Å²) in [5.74, 6) is 0.0519. The van der Waals surface area contributed by atoms with Crippen LogP contribution in [-0.4, -0.2) is 16.0 Å². The van der Waals surface area contributed by atoms with Gasteiger partial charge in [0.1, 0.15) is 5.78 Å². The van der Waals surface area contributed by atoms with E-state index in [0.717, 1.165) is 11.1 Å². The largest absolute Gasteiger partial charge is 0.298 e. The lowest BCUT2D eigenvalue weighted by Gasteiger charge is -2.05. The van der Waals surface area contributed by atoms with Crippen molar-refractivity contribution in [1.82, 2.24) is 0 Å². The average molecular weight is 351 g/mol. The molecule has 0 fully saturated rings. The molecule has 0 spiro atoms. The molecule has 0 aliphatic rings. The number of hydrogen-bond donors (Lipinski definition) is 0. The molecular formula is C10H9Br2NO3. The highest BCUT2D eigenvalue weighted by Gasteiger charge is 2.12. The van der Waals surface area contributed by atoms with Crippen molar-refractivity contribution < 1.29 is 9.72 Å². The molecule has 1 aromatic carbocycles. The Kier molecular flexibility index (Phi) is 5.08. The maximum Gasteiger partial charge on any atom is 0.269 e. The van der Waals surface area contributed by atoms with Gasteiger partial charge in [0.2, 0.25) is 0 Å². The second-order valence-electron chi connectivity index (χ2n) is 3.19. The number of halogens is 2. The number of nitro groups is 1. The number of alkyl halides is 2. The van der Waals surface area contributed by atoms with E-state index >= 15 is 0 Å². The molecule has 0 heterocycles. The van der Waals surface area contributed by atoms with Crippen molar-refractivity contribution in [2.45, 2.75) is 11.8 Å². The summed E-state index contributed by atoms with van der Waals surface area (Å²) in [6, 6.07) is 4.55. The van der Waals surface area contributed by atoms with E-state index in [0.29, 0.717) is 17.1 Å². The predicted molar refractivity (Wildman–Crippen MR) is 68.2 cm³/mol. The lowest BCUT2D eigenvalue weighted by molar-refractivity contribution is -0.384. The Balaban J connectivity index is 3.02. The molecule has 0 saturated carbocycles. The molecule has 0 unspecified atom stereocenters. The number of nitro benzene ring substituents is 1. The third kappa shape index (κ3) is 3.38. The molecule has 0 saturated heterocycles. The standard InChI is InChI=1S/C10H9Br2NO3/c11-5-8-3-9(13(15)16)2-1-7(8)4-10(14)6-12/h1-3H,4-6H2. The van der Waals surface area contributed by atoms with Gasteiger partial charge < -0.3 is 0 Å². The summed E-state index contributed by atoms with van der Waals surface area (Å²) in [6.45, 7) is 0. The van der Waals surface area contributed by atoms with Crippen LogP contribution in [0.25, 0.3) is 0 Å². The molecular weight excluding hydrogens is 342 g/mol. The number of non-ortho nitro benzene ring substituents is 1. The zero-order valence-electron chi connectivity index (χ0n) is 8.28.